The van der Waals surface area contributed by atoms with Crippen molar-refractivity contribution in [2.45, 2.75) is 31.2 Å². The van der Waals surface area contributed by atoms with Crippen molar-refractivity contribution in [3.05, 3.63) is 0 Å². The van der Waals surface area contributed by atoms with E-state index in [4.69, 9.17) is 11.5 Å². The van der Waals surface area contributed by atoms with Crippen LogP contribution in [0, 0.1) is 11.8 Å². The Morgan fingerprint density at radius 3 is 2.40 bits per heavy atom. The minimum Gasteiger partial charge on any atom is -0.368 e. The molecule has 0 aromatic rings. The van der Waals surface area contributed by atoms with Crippen LogP contribution in [0.25, 0.3) is 0 Å². The van der Waals surface area contributed by atoms with E-state index in [1.54, 1.807) is 0 Å². The van der Waals surface area contributed by atoms with E-state index in [0.717, 1.165) is 25.3 Å². The fraction of sp³-hybridized carbons (Fsp3) is 0.909. The summed E-state index contributed by atoms with van der Waals surface area (Å²) >= 11 is 0. The lowest BCUT2D eigenvalue weighted by Gasteiger charge is -2.31. The molecular formula is C11H21N3O. The van der Waals surface area contributed by atoms with E-state index in [0.29, 0.717) is 12.5 Å². The first kappa shape index (κ1) is 10.9. The van der Waals surface area contributed by atoms with Crippen molar-refractivity contribution >= 4 is 5.91 Å². The standard InChI is InChI=1S/C11H21N3O/c1-14(6-8-2-3-8)7-11(13,10(12)15)9-4-5-9/h8-9H,2-7,13H2,1H3,(H2,12,15). The first-order valence-electron chi connectivity index (χ1n) is 5.79. The molecule has 2 fully saturated rings. The van der Waals surface area contributed by atoms with Gasteiger partial charge in [0, 0.05) is 13.1 Å². The van der Waals surface area contributed by atoms with E-state index in [1.807, 2.05) is 7.05 Å². The molecule has 0 bridgehead atoms. The molecule has 4 heteroatoms. The van der Waals surface area contributed by atoms with E-state index < -0.39 is 5.54 Å². The van der Waals surface area contributed by atoms with Gasteiger partial charge in [0.15, 0.2) is 0 Å². The molecule has 86 valence electrons. The van der Waals surface area contributed by atoms with Crippen molar-refractivity contribution in [3.8, 4) is 0 Å². The van der Waals surface area contributed by atoms with Crippen LogP contribution in [0.15, 0.2) is 0 Å². The molecular weight excluding hydrogens is 190 g/mol. The molecule has 0 radical (unpaired) electrons. The molecule has 1 amide bonds. The van der Waals surface area contributed by atoms with Gasteiger partial charge in [-0.25, -0.2) is 0 Å². The van der Waals surface area contributed by atoms with Crippen molar-refractivity contribution < 1.29 is 4.79 Å². The predicted molar refractivity (Wildman–Crippen MR) is 59.1 cm³/mol. The molecule has 2 rings (SSSR count). The van der Waals surface area contributed by atoms with E-state index in [1.165, 1.54) is 12.8 Å². The van der Waals surface area contributed by atoms with Gasteiger partial charge in [-0.3, -0.25) is 4.79 Å². The Hall–Kier alpha value is -0.610. The Morgan fingerprint density at radius 2 is 2.00 bits per heavy atom. The third kappa shape index (κ3) is 2.49. The molecule has 0 saturated heterocycles. The van der Waals surface area contributed by atoms with Gasteiger partial charge in [0.25, 0.3) is 0 Å². The second-order valence-corrected chi connectivity index (χ2v) is 5.32. The lowest BCUT2D eigenvalue weighted by Crippen LogP contribution is -2.60. The largest absolute Gasteiger partial charge is 0.368 e. The van der Waals surface area contributed by atoms with Crippen LogP contribution in [0.5, 0.6) is 0 Å². The highest BCUT2D eigenvalue weighted by Gasteiger charge is 2.47. The lowest BCUT2D eigenvalue weighted by atomic mass is 9.93. The Balaban J connectivity index is 1.89. The molecule has 15 heavy (non-hydrogen) atoms. The second-order valence-electron chi connectivity index (χ2n) is 5.32. The number of likely N-dealkylation sites (N-methyl/N-ethyl adjacent to an activating group) is 1. The zero-order chi connectivity index (χ0) is 11.1. The van der Waals surface area contributed by atoms with Crippen molar-refractivity contribution in [1.29, 1.82) is 0 Å². The monoisotopic (exact) mass is 211 g/mol. The number of carbonyl (C=O) groups is 1. The summed E-state index contributed by atoms with van der Waals surface area (Å²) in [6.07, 6.45) is 4.75. The molecule has 2 aliphatic carbocycles. The third-order valence-electron chi connectivity index (χ3n) is 3.56. The average molecular weight is 211 g/mol. The first-order chi connectivity index (χ1) is 7.02. The van der Waals surface area contributed by atoms with Crippen LogP contribution in [-0.4, -0.2) is 36.5 Å². The highest BCUT2D eigenvalue weighted by atomic mass is 16.1. The minimum atomic E-state index is -0.788. The Labute approximate surface area is 91.0 Å². The molecule has 4 nitrogen and oxygen atoms in total. The molecule has 0 aromatic carbocycles. The summed E-state index contributed by atoms with van der Waals surface area (Å²) in [5.41, 5.74) is 10.8. The summed E-state index contributed by atoms with van der Waals surface area (Å²) in [7, 11) is 2.03. The van der Waals surface area contributed by atoms with Crippen LogP contribution in [0.2, 0.25) is 0 Å². The van der Waals surface area contributed by atoms with E-state index >= 15 is 0 Å². The number of primary amides is 1. The van der Waals surface area contributed by atoms with Crippen LogP contribution in [0.4, 0.5) is 0 Å². The van der Waals surface area contributed by atoms with Gasteiger partial charge in [-0.05, 0) is 44.6 Å². The zero-order valence-corrected chi connectivity index (χ0v) is 9.41. The van der Waals surface area contributed by atoms with Crippen LogP contribution < -0.4 is 11.5 Å². The zero-order valence-electron chi connectivity index (χ0n) is 9.41. The van der Waals surface area contributed by atoms with Gasteiger partial charge in [-0.1, -0.05) is 0 Å². The number of hydrogen-bond acceptors (Lipinski definition) is 3. The number of hydrogen-bond donors (Lipinski definition) is 2. The van der Waals surface area contributed by atoms with Crippen molar-refractivity contribution in [2.75, 3.05) is 20.1 Å². The average Bonchev–Trinajstić information content (AvgIpc) is 2.98. The maximum Gasteiger partial charge on any atom is 0.239 e. The normalized spacial score (nSPS) is 25.3. The summed E-state index contributed by atoms with van der Waals surface area (Å²) in [5.74, 6) is 0.802. The number of nitrogens with zero attached hydrogens (tertiary/aromatic N) is 1. The molecule has 1 atom stereocenters. The quantitative estimate of drug-likeness (QED) is 0.645. The molecule has 2 aliphatic rings. The van der Waals surface area contributed by atoms with Gasteiger partial charge >= 0.3 is 0 Å². The lowest BCUT2D eigenvalue weighted by molar-refractivity contribution is -0.124. The maximum atomic E-state index is 11.4. The van der Waals surface area contributed by atoms with Gasteiger partial charge < -0.3 is 16.4 Å². The molecule has 0 aromatic heterocycles. The Kier molecular flexibility index (Phi) is 2.73. The van der Waals surface area contributed by atoms with E-state index in [2.05, 4.69) is 4.90 Å². The highest BCUT2D eigenvalue weighted by Crippen LogP contribution is 2.39. The minimum absolute atomic E-state index is 0.316. The van der Waals surface area contributed by atoms with Gasteiger partial charge in [0.1, 0.15) is 5.54 Å². The predicted octanol–water partition coefficient (Wildman–Crippen LogP) is -0.0790. The van der Waals surface area contributed by atoms with E-state index in [9.17, 15) is 4.79 Å². The van der Waals surface area contributed by atoms with Gasteiger partial charge in [-0.15, -0.1) is 0 Å². The first-order valence-corrected chi connectivity index (χ1v) is 5.79. The fourth-order valence-electron chi connectivity index (χ4n) is 2.26. The molecule has 2 saturated carbocycles. The molecule has 1 unspecified atom stereocenters. The number of carbonyl (C=O) groups excluding carboxylic acids is 1. The van der Waals surface area contributed by atoms with Crippen LogP contribution in [-0.2, 0) is 4.79 Å². The maximum absolute atomic E-state index is 11.4. The van der Waals surface area contributed by atoms with Crippen LogP contribution in [0.1, 0.15) is 25.7 Å². The summed E-state index contributed by atoms with van der Waals surface area (Å²) in [4.78, 5) is 13.6. The Morgan fingerprint density at radius 1 is 1.40 bits per heavy atom. The van der Waals surface area contributed by atoms with Gasteiger partial charge in [0.05, 0.1) is 0 Å². The smallest absolute Gasteiger partial charge is 0.239 e. The number of rotatable bonds is 6. The molecule has 0 spiro atoms. The fourth-order valence-corrected chi connectivity index (χ4v) is 2.26. The highest BCUT2D eigenvalue weighted by molar-refractivity contribution is 5.85. The van der Waals surface area contributed by atoms with Crippen LogP contribution in [0.3, 0.4) is 0 Å². The topological polar surface area (TPSA) is 72.3 Å². The SMILES string of the molecule is CN(CC1CC1)CC(N)(C(N)=O)C1CC1. The second kappa shape index (κ2) is 3.76. The van der Waals surface area contributed by atoms with Crippen LogP contribution >= 0.6 is 0 Å². The summed E-state index contributed by atoms with van der Waals surface area (Å²) in [6.45, 7) is 1.67. The molecule has 0 aliphatic heterocycles. The number of nitrogens with two attached hydrogens (primary N) is 2. The van der Waals surface area contributed by atoms with Crippen molar-refractivity contribution in [3.63, 3.8) is 0 Å². The summed E-state index contributed by atoms with van der Waals surface area (Å²) in [6, 6.07) is 0. The van der Waals surface area contributed by atoms with Gasteiger partial charge in [-0.2, -0.15) is 0 Å². The Bertz CT molecular complexity index is 261. The molecule has 0 heterocycles. The van der Waals surface area contributed by atoms with Gasteiger partial charge in [0.2, 0.25) is 5.91 Å². The van der Waals surface area contributed by atoms with E-state index in [-0.39, 0.29) is 5.91 Å². The van der Waals surface area contributed by atoms with Crippen molar-refractivity contribution in [2.24, 2.45) is 23.3 Å². The summed E-state index contributed by atoms with van der Waals surface area (Å²) in [5, 5.41) is 0. The van der Waals surface area contributed by atoms with Crippen molar-refractivity contribution in [1.82, 2.24) is 4.90 Å². The third-order valence-corrected chi connectivity index (χ3v) is 3.56. The molecule has 4 N–H and O–H groups in total. The number of amides is 1. The summed E-state index contributed by atoms with van der Waals surface area (Å²) < 4.78 is 0.